The fourth-order valence-electron chi connectivity index (χ4n) is 2.95. The monoisotopic (exact) mass is 377 g/mol. The summed E-state index contributed by atoms with van der Waals surface area (Å²) in [6.07, 6.45) is 0. The smallest absolute Gasteiger partial charge is 0.335 e. The topological polar surface area (TPSA) is 91.3 Å². The predicted molar refractivity (Wildman–Crippen MR) is 107 cm³/mol. The van der Waals surface area contributed by atoms with Crippen LogP contribution in [0, 0.1) is 0 Å². The van der Waals surface area contributed by atoms with Crippen LogP contribution in [0.25, 0.3) is 21.0 Å². The molecule has 134 valence electrons. The second-order valence-electron chi connectivity index (χ2n) is 5.95. The summed E-state index contributed by atoms with van der Waals surface area (Å²) < 4.78 is 1.03. The van der Waals surface area contributed by atoms with Crippen molar-refractivity contribution in [1.82, 2.24) is 10.3 Å². The van der Waals surface area contributed by atoms with Crippen molar-refractivity contribution in [3.05, 3.63) is 65.0 Å². The van der Waals surface area contributed by atoms with Crippen molar-refractivity contribution in [3.63, 3.8) is 0 Å². The Morgan fingerprint density at radius 1 is 1.04 bits per heavy atom. The zero-order chi connectivity index (χ0) is 19.0. The van der Waals surface area contributed by atoms with Crippen LogP contribution in [0.1, 0.15) is 20.7 Å². The first kappa shape index (κ1) is 17.0. The molecule has 4 aromatic rings. The molecule has 2 aromatic carbocycles. The zero-order valence-electron chi connectivity index (χ0n) is 14.3. The average Bonchev–Trinajstić information content (AvgIpc) is 3.17. The number of carboxylic acid groups (broad SMARTS) is 1. The van der Waals surface area contributed by atoms with Gasteiger partial charge in [-0.2, -0.15) is 0 Å². The molecule has 0 radical (unpaired) electrons. The molecule has 2 heterocycles. The number of hydrogen-bond donors (Lipinski definition) is 3. The summed E-state index contributed by atoms with van der Waals surface area (Å²) in [6.45, 7) is 0. The Labute approximate surface area is 158 Å². The standard InChI is InChI=1S/C20H15N3O3S/c1-21-19(24)11-3-2-4-13(9-11)22-18-15-7-8-27-17(15)14-6-5-12(20(25)26)10-16(14)23-18/h2-10H,1H3,(H,21,24)(H,22,23)(H,25,26). The summed E-state index contributed by atoms with van der Waals surface area (Å²) in [5, 5.41) is 18.9. The van der Waals surface area contributed by atoms with Gasteiger partial charge in [0, 0.05) is 33.8 Å². The number of carbonyl (C=O) groups excluding carboxylic acids is 1. The third-order valence-electron chi connectivity index (χ3n) is 4.26. The highest BCUT2D eigenvalue weighted by molar-refractivity contribution is 7.18. The van der Waals surface area contributed by atoms with Crippen LogP contribution in [-0.4, -0.2) is 29.0 Å². The van der Waals surface area contributed by atoms with Crippen molar-refractivity contribution < 1.29 is 14.7 Å². The van der Waals surface area contributed by atoms with Crippen molar-refractivity contribution in [1.29, 1.82) is 0 Å². The number of rotatable bonds is 4. The van der Waals surface area contributed by atoms with E-state index in [1.54, 1.807) is 54.8 Å². The molecular formula is C20H15N3O3S. The summed E-state index contributed by atoms with van der Waals surface area (Å²) in [4.78, 5) is 27.8. The summed E-state index contributed by atoms with van der Waals surface area (Å²) >= 11 is 1.58. The molecule has 3 N–H and O–H groups in total. The van der Waals surface area contributed by atoms with Gasteiger partial charge >= 0.3 is 5.97 Å². The molecule has 0 aliphatic carbocycles. The number of carboxylic acids is 1. The van der Waals surface area contributed by atoms with E-state index < -0.39 is 5.97 Å². The van der Waals surface area contributed by atoms with E-state index in [9.17, 15) is 14.7 Å². The number of hydrogen-bond acceptors (Lipinski definition) is 5. The molecule has 0 saturated heterocycles. The van der Waals surface area contributed by atoms with Crippen molar-refractivity contribution in [2.45, 2.75) is 0 Å². The highest BCUT2D eigenvalue weighted by Gasteiger charge is 2.13. The molecule has 0 fully saturated rings. The van der Waals surface area contributed by atoms with Gasteiger partial charge in [-0.15, -0.1) is 11.3 Å². The summed E-state index contributed by atoms with van der Waals surface area (Å²) in [5.74, 6) is -0.537. The number of nitrogens with one attached hydrogen (secondary N) is 2. The molecule has 0 aliphatic heterocycles. The van der Waals surface area contributed by atoms with E-state index >= 15 is 0 Å². The van der Waals surface area contributed by atoms with Crippen LogP contribution >= 0.6 is 11.3 Å². The van der Waals surface area contributed by atoms with Gasteiger partial charge in [0.25, 0.3) is 5.91 Å². The molecular weight excluding hydrogens is 362 g/mol. The van der Waals surface area contributed by atoms with Crippen LogP contribution in [0.2, 0.25) is 0 Å². The van der Waals surface area contributed by atoms with Gasteiger partial charge in [-0.3, -0.25) is 4.79 Å². The molecule has 7 heteroatoms. The molecule has 2 aromatic heterocycles. The fourth-order valence-corrected chi connectivity index (χ4v) is 3.88. The third-order valence-corrected chi connectivity index (χ3v) is 5.20. The lowest BCUT2D eigenvalue weighted by Crippen LogP contribution is -2.17. The van der Waals surface area contributed by atoms with Gasteiger partial charge in [0.1, 0.15) is 5.82 Å². The minimum absolute atomic E-state index is 0.170. The number of carbonyl (C=O) groups is 2. The Kier molecular flexibility index (Phi) is 4.21. The van der Waals surface area contributed by atoms with E-state index in [0.29, 0.717) is 16.9 Å². The minimum atomic E-state index is -0.988. The Morgan fingerprint density at radius 3 is 2.67 bits per heavy atom. The molecule has 0 unspecified atom stereocenters. The summed E-state index contributed by atoms with van der Waals surface area (Å²) in [7, 11) is 1.59. The first-order chi connectivity index (χ1) is 13.1. The number of benzene rings is 2. The zero-order valence-corrected chi connectivity index (χ0v) is 15.1. The number of nitrogens with zero attached hydrogens (tertiary/aromatic N) is 1. The molecule has 0 bridgehead atoms. The molecule has 4 rings (SSSR count). The normalized spacial score (nSPS) is 10.9. The van der Waals surface area contributed by atoms with Gasteiger partial charge in [-0.05, 0) is 41.8 Å². The van der Waals surface area contributed by atoms with Crippen molar-refractivity contribution in [3.8, 4) is 0 Å². The van der Waals surface area contributed by atoms with E-state index in [-0.39, 0.29) is 11.5 Å². The molecule has 6 nitrogen and oxygen atoms in total. The first-order valence-corrected chi connectivity index (χ1v) is 9.08. The number of thiophene rings is 1. The fraction of sp³-hybridized carbons (Fsp3) is 0.0500. The lowest BCUT2D eigenvalue weighted by molar-refractivity contribution is 0.0696. The van der Waals surface area contributed by atoms with E-state index in [2.05, 4.69) is 15.6 Å². The number of pyridine rings is 1. The SMILES string of the molecule is CNC(=O)c1cccc(Nc2nc3cc(C(=O)O)ccc3c3sccc23)c1. The van der Waals surface area contributed by atoms with Crippen LogP contribution in [-0.2, 0) is 0 Å². The second kappa shape index (κ2) is 6.69. The van der Waals surface area contributed by atoms with Crippen molar-refractivity contribution in [2.24, 2.45) is 0 Å². The molecule has 0 spiro atoms. The van der Waals surface area contributed by atoms with Crippen LogP contribution in [0.4, 0.5) is 11.5 Å². The number of aromatic nitrogens is 1. The third kappa shape index (κ3) is 3.09. The summed E-state index contributed by atoms with van der Waals surface area (Å²) in [5.41, 5.74) is 2.07. The van der Waals surface area contributed by atoms with E-state index in [4.69, 9.17) is 0 Å². The Hall–Kier alpha value is -3.45. The van der Waals surface area contributed by atoms with Crippen LogP contribution in [0.3, 0.4) is 0 Å². The quantitative estimate of drug-likeness (QED) is 0.494. The summed E-state index contributed by atoms with van der Waals surface area (Å²) in [6, 6.07) is 14.1. The average molecular weight is 377 g/mol. The highest BCUT2D eigenvalue weighted by Crippen LogP contribution is 2.35. The van der Waals surface area contributed by atoms with Gasteiger partial charge in [0.15, 0.2) is 0 Å². The van der Waals surface area contributed by atoms with E-state index in [1.165, 1.54) is 0 Å². The second-order valence-corrected chi connectivity index (χ2v) is 6.86. The number of fused-ring (bicyclic) bond motifs is 3. The molecule has 0 saturated carbocycles. The van der Waals surface area contributed by atoms with Crippen molar-refractivity contribution >= 4 is 55.7 Å². The van der Waals surface area contributed by atoms with Gasteiger partial charge in [0.2, 0.25) is 0 Å². The van der Waals surface area contributed by atoms with Gasteiger partial charge in [0.05, 0.1) is 11.1 Å². The largest absolute Gasteiger partial charge is 0.478 e. The van der Waals surface area contributed by atoms with Gasteiger partial charge < -0.3 is 15.7 Å². The minimum Gasteiger partial charge on any atom is -0.478 e. The maximum Gasteiger partial charge on any atom is 0.335 e. The van der Waals surface area contributed by atoms with Crippen molar-refractivity contribution in [2.75, 3.05) is 12.4 Å². The lowest BCUT2D eigenvalue weighted by atomic mass is 10.1. The van der Waals surface area contributed by atoms with Gasteiger partial charge in [-0.25, -0.2) is 9.78 Å². The molecule has 27 heavy (non-hydrogen) atoms. The van der Waals surface area contributed by atoms with E-state index in [1.807, 2.05) is 17.5 Å². The van der Waals surface area contributed by atoms with Crippen LogP contribution in [0.15, 0.2) is 53.9 Å². The van der Waals surface area contributed by atoms with E-state index in [0.717, 1.165) is 21.2 Å². The molecule has 0 atom stereocenters. The van der Waals surface area contributed by atoms with Crippen LogP contribution in [0.5, 0.6) is 0 Å². The highest BCUT2D eigenvalue weighted by atomic mass is 32.1. The predicted octanol–water partition coefficient (Wildman–Crippen LogP) is 4.25. The molecule has 0 aliphatic rings. The number of amides is 1. The maximum absolute atomic E-state index is 11.9. The number of aromatic carboxylic acids is 1. The Bertz CT molecular complexity index is 1200. The van der Waals surface area contributed by atoms with Crippen LogP contribution < -0.4 is 10.6 Å². The Morgan fingerprint density at radius 2 is 1.89 bits per heavy atom. The lowest BCUT2D eigenvalue weighted by Gasteiger charge is -2.11. The maximum atomic E-state index is 11.9. The number of anilines is 2. The molecule has 1 amide bonds. The first-order valence-electron chi connectivity index (χ1n) is 8.20. The Balaban J connectivity index is 1.84. The van der Waals surface area contributed by atoms with Gasteiger partial charge in [-0.1, -0.05) is 12.1 Å².